The van der Waals surface area contributed by atoms with E-state index < -0.39 is 48.1 Å². The van der Waals surface area contributed by atoms with Gasteiger partial charge in [-0.15, -0.1) is 0 Å². The molecular weight excluding hydrogens is 696 g/mol. The monoisotopic (exact) mass is 766 g/mol. The minimum Gasteiger partial charge on any atom is -0.460 e. The number of rotatable bonds is 21. The first-order chi connectivity index (χ1) is 25.6. The van der Waals surface area contributed by atoms with E-state index in [-0.39, 0.29) is 68.2 Å². The van der Waals surface area contributed by atoms with Crippen LogP contribution in [0.15, 0.2) is 36.0 Å². The maximum atomic E-state index is 13.5. The van der Waals surface area contributed by atoms with Crippen molar-refractivity contribution in [1.82, 2.24) is 0 Å². The average Bonchev–Trinajstić information content (AvgIpc) is 3.87. The van der Waals surface area contributed by atoms with Gasteiger partial charge in [-0.3, -0.25) is 9.59 Å². The van der Waals surface area contributed by atoms with Gasteiger partial charge < -0.3 is 42.6 Å². The fourth-order valence-corrected chi connectivity index (χ4v) is 6.95. The number of cyclic esters (lactones) is 1. The summed E-state index contributed by atoms with van der Waals surface area (Å²) < 4.78 is 52.8. The first-order valence-corrected chi connectivity index (χ1v) is 20.0. The number of carbonyl (C=O) groups is 3. The second kappa shape index (κ2) is 24.1. The lowest BCUT2D eigenvalue weighted by Crippen LogP contribution is -2.47. The molecule has 1 saturated heterocycles. The average molecular weight is 767 g/mol. The van der Waals surface area contributed by atoms with Gasteiger partial charge in [-0.05, 0) is 91.7 Å². The van der Waals surface area contributed by atoms with Gasteiger partial charge in [0, 0.05) is 38.6 Å². The molecule has 0 N–H and O–H groups in total. The zero-order valence-electron chi connectivity index (χ0n) is 35.0. The summed E-state index contributed by atoms with van der Waals surface area (Å²) in [6.45, 7) is 23.9. The highest BCUT2D eigenvalue weighted by Gasteiger charge is 2.46. The summed E-state index contributed by atoms with van der Waals surface area (Å²) >= 11 is 0. The summed E-state index contributed by atoms with van der Waals surface area (Å²) in [5, 5.41) is 0. The normalized spacial score (nSPS) is 30.2. The third-order valence-corrected chi connectivity index (χ3v) is 9.88. The van der Waals surface area contributed by atoms with E-state index >= 15 is 0 Å². The number of allylic oxidation sites excluding steroid dienone is 3. The molecule has 12 atom stereocenters. The molecule has 310 valence electrons. The number of ether oxygens (including phenoxy) is 9. The van der Waals surface area contributed by atoms with Gasteiger partial charge in [0.05, 0.1) is 24.7 Å². The Morgan fingerprint density at radius 2 is 1.67 bits per heavy atom. The van der Waals surface area contributed by atoms with Crippen molar-refractivity contribution in [3.05, 3.63) is 36.0 Å². The van der Waals surface area contributed by atoms with Crippen LogP contribution in [0.1, 0.15) is 115 Å². The first-order valence-electron chi connectivity index (χ1n) is 20.0. The predicted octanol–water partition coefficient (Wildman–Crippen LogP) is 7.42. The van der Waals surface area contributed by atoms with Crippen LogP contribution in [-0.2, 0) is 57.0 Å². The molecule has 0 bridgehead atoms. The third-order valence-electron chi connectivity index (χ3n) is 9.88. The van der Waals surface area contributed by atoms with Gasteiger partial charge in [0.25, 0.3) is 0 Å². The Balaban J connectivity index is 2.30. The summed E-state index contributed by atoms with van der Waals surface area (Å²) in [5.74, 6) is -1.40. The van der Waals surface area contributed by atoms with Crippen LogP contribution in [0.4, 0.5) is 0 Å². The molecule has 0 amide bonds. The van der Waals surface area contributed by atoms with Crippen molar-refractivity contribution >= 4 is 17.9 Å². The number of hydrogen-bond acceptors (Lipinski definition) is 12. The molecule has 54 heavy (non-hydrogen) atoms. The fourth-order valence-electron chi connectivity index (χ4n) is 6.95. The molecule has 0 aromatic carbocycles. The molecule has 0 aliphatic carbocycles. The summed E-state index contributed by atoms with van der Waals surface area (Å²) in [4.78, 5) is 38.5. The lowest BCUT2D eigenvalue weighted by Gasteiger charge is -2.38. The zero-order chi connectivity index (χ0) is 40.4. The van der Waals surface area contributed by atoms with Crippen molar-refractivity contribution < 1.29 is 57.0 Å². The molecule has 0 spiro atoms. The number of esters is 3. The lowest BCUT2D eigenvalue weighted by molar-refractivity contribution is -0.227. The van der Waals surface area contributed by atoms with Crippen LogP contribution >= 0.6 is 0 Å². The summed E-state index contributed by atoms with van der Waals surface area (Å²) in [6.07, 6.45) is 9.03. The Morgan fingerprint density at radius 1 is 0.981 bits per heavy atom. The van der Waals surface area contributed by atoms with E-state index in [1.807, 2.05) is 59.8 Å². The first kappa shape index (κ1) is 47.5. The molecule has 2 rings (SSSR count). The minimum atomic E-state index is -1.09. The van der Waals surface area contributed by atoms with Crippen molar-refractivity contribution in [3.8, 4) is 0 Å². The zero-order valence-corrected chi connectivity index (χ0v) is 35.0. The topological polar surface area (TPSA) is 138 Å². The van der Waals surface area contributed by atoms with Crippen LogP contribution in [0.5, 0.6) is 0 Å². The van der Waals surface area contributed by atoms with Crippen molar-refractivity contribution in [2.75, 3.05) is 26.4 Å². The highest BCUT2D eigenvalue weighted by molar-refractivity contribution is 5.73. The quantitative estimate of drug-likeness (QED) is 0.0287. The molecule has 12 unspecified atom stereocenters. The number of carbonyl (C=O) groups excluding carboxylic acids is 3. The van der Waals surface area contributed by atoms with Crippen molar-refractivity contribution in [1.29, 1.82) is 0 Å². The Bertz CT molecular complexity index is 1230. The highest BCUT2D eigenvalue weighted by atomic mass is 16.7. The highest BCUT2D eigenvalue weighted by Crippen LogP contribution is 2.38. The van der Waals surface area contributed by atoms with Crippen molar-refractivity contribution in [3.63, 3.8) is 0 Å². The van der Waals surface area contributed by atoms with E-state index in [1.54, 1.807) is 19.9 Å². The number of epoxide rings is 1. The van der Waals surface area contributed by atoms with E-state index in [2.05, 4.69) is 26.8 Å². The standard InChI is InChI=1S/C42H70O12/c1-13-35(50-32(10)47-15-3)30(8)41-36(52-41)24-27(5)18-17-19-28(6)40-29(7)20-21-37(49-31(9)43)42(12,54-33(11)48-16-4)23-22-34(25-38(44)53-40)51-39(45)26-46-14-2/h17-21,27,29-30,32-37,40-41H,13-16,22-26H2,1-12H3/b18-17+,21-20+,28-19+. The van der Waals surface area contributed by atoms with E-state index in [0.29, 0.717) is 19.8 Å². The maximum Gasteiger partial charge on any atom is 0.332 e. The molecule has 0 aromatic heterocycles. The molecule has 0 saturated carbocycles. The second-order valence-electron chi connectivity index (χ2n) is 14.7. The van der Waals surface area contributed by atoms with E-state index in [4.69, 9.17) is 42.6 Å². The molecule has 12 heteroatoms. The Kier molecular flexibility index (Phi) is 21.2. The van der Waals surface area contributed by atoms with Crippen molar-refractivity contribution in [2.45, 2.75) is 170 Å². The molecule has 0 radical (unpaired) electrons. The van der Waals surface area contributed by atoms with Crippen LogP contribution in [0.3, 0.4) is 0 Å². The van der Waals surface area contributed by atoms with E-state index in [0.717, 1.165) is 18.4 Å². The van der Waals surface area contributed by atoms with Gasteiger partial charge in [-0.25, -0.2) is 4.79 Å². The summed E-state index contributed by atoms with van der Waals surface area (Å²) in [7, 11) is 0. The summed E-state index contributed by atoms with van der Waals surface area (Å²) in [6, 6.07) is 0. The molecule has 2 aliphatic rings. The smallest absolute Gasteiger partial charge is 0.332 e. The van der Waals surface area contributed by atoms with Crippen LogP contribution in [-0.4, -0.2) is 99.1 Å². The molecule has 0 aromatic rings. The molecule has 2 aliphatic heterocycles. The molecular formula is C42H70O12. The summed E-state index contributed by atoms with van der Waals surface area (Å²) in [5.41, 5.74) is -0.267. The van der Waals surface area contributed by atoms with Gasteiger partial charge in [-0.2, -0.15) is 0 Å². The minimum absolute atomic E-state index is 0.0595. The van der Waals surface area contributed by atoms with Crippen LogP contribution < -0.4 is 0 Å². The number of hydrogen-bond donors (Lipinski definition) is 0. The van der Waals surface area contributed by atoms with Crippen LogP contribution in [0, 0.1) is 17.8 Å². The van der Waals surface area contributed by atoms with Crippen molar-refractivity contribution in [2.24, 2.45) is 17.8 Å². The second-order valence-corrected chi connectivity index (χ2v) is 14.7. The van der Waals surface area contributed by atoms with Crippen LogP contribution in [0.25, 0.3) is 0 Å². The van der Waals surface area contributed by atoms with E-state index in [1.165, 1.54) is 6.92 Å². The van der Waals surface area contributed by atoms with Gasteiger partial charge in [0.2, 0.25) is 0 Å². The predicted molar refractivity (Wildman–Crippen MR) is 205 cm³/mol. The maximum absolute atomic E-state index is 13.5. The van der Waals surface area contributed by atoms with E-state index in [9.17, 15) is 14.4 Å². The SMILES string of the molecule is CCOCC(=O)OC1CCC(C)(OC(C)OCC)C(OC(C)=O)/C=C/C(C)C(/C(C)=C/C=C/C(C)CC2OC2C(C)C(CC)OC(C)OCC)OC(=O)C1. The Labute approximate surface area is 324 Å². The van der Waals surface area contributed by atoms with Gasteiger partial charge >= 0.3 is 17.9 Å². The molecule has 2 heterocycles. The fraction of sp³-hybridized carbons (Fsp3) is 0.786. The molecule has 12 nitrogen and oxygen atoms in total. The van der Waals surface area contributed by atoms with Gasteiger partial charge in [-0.1, -0.05) is 52.0 Å². The third kappa shape index (κ3) is 16.6. The lowest BCUT2D eigenvalue weighted by atomic mass is 9.88. The largest absolute Gasteiger partial charge is 0.460 e. The Morgan fingerprint density at radius 3 is 2.30 bits per heavy atom. The molecule has 1 fully saturated rings. The van der Waals surface area contributed by atoms with Gasteiger partial charge in [0.15, 0.2) is 12.6 Å². The van der Waals surface area contributed by atoms with Crippen LogP contribution in [0.2, 0.25) is 0 Å². The Hall–Kier alpha value is -2.61. The van der Waals surface area contributed by atoms with Gasteiger partial charge in [0.1, 0.15) is 30.5 Å².